The lowest BCUT2D eigenvalue weighted by molar-refractivity contribution is 0.181. The average molecular weight is 346 g/mol. The molecule has 2 aromatic rings. The van der Waals surface area contributed by atoms with Crippen LogP contribution in [0, 0.1) is 0 Å². The van der Waals surface area contributed by atoms with Crippen LogP contribution in [-0.2, 0) is 11.3 Å². The molecule has 0 amide bonds. The SMILES string of the molecule is COCCn1cccc1[C@@H]1[C@H](c2ccccn2)NC(=S)N1CCO. The summed E-state index contributed by atoms with van der Waals surface area (Å²) in [6.45, 7) is 1.94. The zero-order valence-electron chi connectivity index (χ0n) is 13.6. The Labute approximate surface area is 147 Å². The summed E-state index contributed by atoms with van der Waals surface area (Å²) >= 11 is 5.51. The summed E-state index contributed by atoms with van der Waals surface area (Å²) in [5.74, 6) is 0. The largest absolute Gasteiger partial charge is 0.395 e. The van der Waals surface area contributed by atoms with Crippen molar-refractivity contribution >= 4 is 17.3 Å². The number of aliphatic hydroxyl groups is 1. The van der Waals surface area contributed by atoms with Crippen molar-refractivity contribution in [2.75, 3.05) is 26.9 Å². The quantitative estimate of drug-likeness (QED) is 0.741. The van der Waals surface area contributed by atoms with Gasteiger partial charge in [-0.1, -0.05) is 6.07 Å². The van der Waals surface area contributed by atoms with E-state index in [2.05, 4.69) is 20.9 Å². The van der Waals surface area contributed by atoms with E-state index in [0.29, 0.717) is 18.3 Å². The Morgan fingerprint density at radius 1 is 1.29 bits per heavy atom. The maximum atomic E-state index is 9.46. The summed E-state index contributed by atoms with van der Waals surface area (Å²) < 4.78 is 7.38. The average Bonchev–Trinajstić information content (AvgIpc) is 3.19. The van der Waals surface area contributed by atoms with Gasteiger partial charge in [-0.05, 0) is 36.5 Å². The van der Waals surface area contributed by atoms with Crippen LogP contribution in [-0.4, -0.2) is 51.5 Å². The number of thiocarbonyl (C=S) groups is 1. The molecule has 1 saturated heterocycles. The molecule has 7 heteroatoms. The van der Waals surface area contributed by atoms with E-state index in [9.17, 15) is 5.11 Å². The van der Waals surface area contributed by atoms with Gasteiger partial charge in [0.15, 0.2) is 5.11 Å². The van der Waals surface area contributed by atoms with Gasteiger partial charge in [-0.2, -0.15) is 0 Å². The van der Waals surface area contributed by atoms with Gasteiger partial charge in [0.1, 0.15) is 0 Å². The summed E-state index contributed by atoms with van der Waals surface area (Å²) in [6.07, 6.45) is 3.83. The molecule has 1 aliphatic rings. The molecule has 6 nitrogen and oxygen atoms in total. The molecule has 0 radical (unpaired) electrons. The number of methoxy groups -OCH3 is 1. The molecule has 1 aliphatic heterocycles. The second-order valence-electron chi connectivity index (χ2n) is 5.66. The first kappa shape index (κ1) is 16.9. The molecule has 128 valence electrons. The molecule has 2 aromatic heterocycles. The molecule has 0 aliphatic carbocycles. The van der Waals surface area contributed by atoms with Crippen molar-refractivity contribution in [3.8, 4) is 0 Å². The molecule has 1 fully saturated rings. The van der Waals surface area contributed by atoms with E-state index in [1.165, 1.54) is 0 Å². The van der Waals surface area contributed by atoms with E-state index in [1.54, 1.807) is 13.3 Å². The predicted molar refractivity (Wildman–Crippen MR) is 95.6 cm³/mol. The van der Waals surface area contributed by atoms with Gasteiger partial charge in [0.25, 0.3) is 0 Å². The Morgan fingerprint density at radius 3 is 2.88 bits per heavy atom. The fraction of sp³-hybridized carbons (Fsp3) is 0.412. The summed E-state index contributed by atoms with van der Waals surface area (Å²) in [5.41, 5.74) is 2.06. The monoisotopic (exact) mass is 346 g/mol. The van der Waals surface area contributed by atoms with Gasteiger partial charge in [0.2, 0.25) is 0 Å². The Morgan fingerprint density at radius 2 is 2.17 bits per heavy atom. The minimum atomic E-state index is -0.0542. The van der Waals surface area contributed by atoms with E-state index in [1.807, 2.05) is 35.4 Å². The highest BCUT2D eigenvalue weighted by molar-refractivity contribution is 7.80. The van der Waals surface area contributed by atoms with Gasteiger partial charge in [-0.25, -0.2) is 0 Å². The number of aliphatic hydroxyl groups excluding tert-OH is 1. The van der Waals surface area contributed by atoms with E-state index >= 15 is 0 Å². The van der Waals surface area contributed by atoms with Crippen LogP contribution in [0.5, 0.6) is 0 Å². The maximum Gasteiger partial charge on any atom is 0.170 e. The lowest BCUT2D eigenvalue weighted by Crippen LogP contribution is -2.33. The first-order valence-electron chi connectivity index (χ1n) is 7.99. The fourth-order valence-corrected chi connectivity index (χ4v) is 3.50. The van der Waals surface area contributed by atoms with Crippen molar-refractivity contribution in [3.63, 3.8) is 0 Å². The number of ether oxygens (including phenoxy) is 1. The van der Waals surface area contributed by atoms with Crippen LogP contribution in [0.2, 0.25) is 0 Å². The van der Waals surface area contributed by atoms with Crippen LogP contribution in [0.1, 0.15) is 23.5 Å². The standard InChI is InChI=1S/C17H22N4O2S/c1-23-12-10-20-8-4-6-14(20)16-15(13-5-2-3-7-18-13)19-17(24)21(16)9-11-22/h2-8,15-16,22H,9-12H2,1H3,(H,19,24)/t15-,16+/m0/s1. The summed E-state index contributed by atoms with van der Waals surface area (Å²) in [4.78, 5) is 6.53. The molecule has 2 N–H and O–H groups in total. The van der Waals surface area contributed by atoms with E-state index in [4.69, 9.17) is 17.0 Å². The Balaban J connectivity index is 1.98. The van der Waals surface area contributed by atoms with Crippen molar-refractivity contribution in [1.29, 1.82) is 0 Å². The summed E-state index contributed by atoms with van der Waals surface area (Å²) in [7, 11) is 1.70. The third kappa shape index (κ3) is 3.28. The van der Waals surface area contributed by atoms with Crippen LogP contribution >= 0.6 is 12.2 Å². The lowest BCUT2D eigenvalue weighted by Gasteiger charge is -2.28. The highest BCUT2D eigenvalue weighted by Crippen LogP contribution is 2.38. The topological polar surface area (TPSA) is 62.5 Å². The predicted octanol–water partition coefficient (Wildman–Crippen LogP) is 1.49. The molecular weight excluding hydrogens is 324 g/mol. The second-order valence-corrected chi connectivity index (χ2v) is 6.05. The third-order valence-corrected chi connectivity index (χ3v) is 4.60. The van der Waals surface area contributed by atoms with Crippen LogP contribution in [0.15, 0.2) is 42.7 Å². The molecule has 0 unspecified atom stereocenters. The van der Waals surface area contributed by atoms with E-state index in [0.717, 1.165) is 17.9 Å². The second kappa shape index (κ2) is 7.74. The molecule has 3 heterocycles. The number of rotatable bonds is 7. The van der Waals surface area contributed by atoms with Crippen molar-refractivity contribution in [3.05, 3.63) is 54.1 Å². The number of nitrogens with one attached hydrogen (secondary N) is 1. The van der Waals surface area contributed by atoms with Crippen molar-refractivity contribution in [2.24, 2.45) is 0 Å². The molecule has 3 rings (SSSR count). The minimum Gasteiger partial charge on any atom is -0.395 e. The van der Waals surface area contributed by atoms with Crippen LogP contribution in [0.3, 0.4) is 0 Å². The molecule has 0 spiro atoms. The van der Waals surface area contributed by atoms with E-state index < -0.39 is 0 Å². The highest BCUT2D eigenvalue weighted by atomic mass is 32.1. The number of pyridine rings is 1. The molecule has 2 atom stereocenters. The molecular formula is C17H22N4O2S. The van der Waals surface area contributed by atoms with Gasteiger partial charge in [0.05, 0.1) is 31.0 Å². The zero-order valence-corrected chi connectivity index (χ0v) is 14.4. The number of aromatic nitrogens is 2. The number of nitrogens with zero attached hydrogens (tertiary/aromatic N) is 3. The van der Waals surface area contributed by atoms with Crippen LogP contribution in [0.4, 0.5) is 0 Å². The van der Waals surface area contributed by atoms with Crippen molar-refractivity contribution in [1.82, 2.24) is 19.8 Å². The smallest absolute Gasteiger partial charge is 0.170 e. The van der Waals surface area contributed by atoms with Gasteiger partial charge >= 0.3 is 0 Å². The van der Waals surface area contributed by atoms with Crippen molar-refractivity contribution in [2.45, 2.75) is 18.6 Å². The lowest BCUT2D eigenvalue weighted by atomic mass is 10.0. The highest BCUT2D eigenvalue weighted by Gasteiger charge is 2.40. The minimum absolute atomic E-state index is 0.0218. The van der Waals surface area contributed by atoms with Gasteiger partial charge in [-0.3, -0.25) is 4.98 Å². The Bertz CT molecular complexity index is 676. The number of β-amino-alcohol motifs (C(OH)–C–C–N with tert-alkyl or cyclic N) is 1. The molecule has 0 bridgehead atoms. The molecule has 0 aromatic carbocycles. The summed E-state index contributed by atoms with van der Waals surface area (Å²) in [6, 6.07) is 9.92. The Kier molecular flexibility index (Phi) is 5.44. The van der Waals surface area contributed by atoms with E-state index in [-0.39, 0.29) is 18.7 Å². The summed E-state index contributed by atoms with van der Waals surface area (Å²) in [5, 5.41) is 13.5. The van der Waals surface area contributed by atoms with Gasteiger partial charge < -0.3 is 24.6 Å². The zero-order chi connectivity index (χ0) is 16.9. The molecule has 0 saturated carbocycles. The van der Waals surface area contributed by atoms with Gasteiger partial charge in [0, 0.05) is 38.3 Å². The third-order valence-electron chi connectivity index (χ3n) is 4.24. The number of hydrogen-bond donors (Lipinski definition) is 2. The van der Waals surface area contributed by atoms with Gasteiger partial charge in [-0.15, -0.1) is 0 Å². The normalized spacial score (nSPS) is 20.4. The first-order valence-corrected chi connectivity index (χ1v) is 8.40. The van der Waals surface area contributed by atoms with Crippen LogP contribution < -0.4 is 5.32 Å². The van der Waals surface area contributed by atoms with Crippen LogP contribution in [0.25, 0.3) is 0 Å². The molecule has 24 heavy (non-hydrogen) atoms. The number of hydrogen-bond acceptors (Lipinski definition) is 4. The fourth-order valence-electron chi connectivity index (χ4n) is 3.16. The maximum absolute atomic E-state index is 9.46. The van der Waals surface area contributed by atoms with Crippen molar-refractivity contribution < 1.29 is 9.84 Å². The Hall–Kier alpha value is -1.96. The first-order chi connectivity index (χ1) is 11.8.